The molecule has 0 saturated carbocycles. The van der Waals surface area contributed by atoms with Gasteiger partial charge in [-0.15, -0.1) is 0 Å². The molecule has 0 aliphatic rings. The third kappa shape index (κ3) is 5.90. The Labute approximate surface area is 77.2 Å². The Hall–Kier alpha value is -1.32. The van der Waals surface area contributed by atoms with Crippen LogP contribution in [0, 0.1) is 0 Å². The molecule has 13 heavy (non-hydrogen) atoms. The first kappa shape index (κ1) is 11.7. The molecule has 4 heteroatoms. The van der Waals surface area contributed by atoms with E-state index in [1.165, 1.54) is 6.20 Å². The second-order valence-electron chi connectivity index (χ2n) is 2.51. The summed E-state index contributed by atoms with van der Waals surface area (Å²) in [7, 11) is 1.71. The summed E-state index contributed by atoms with van der Waals surface area (Å²) in [6.45, 7) is 6.31. The van der Waals surface area contributed by atoms with E-state index in [4.69, 9.17) is 0 Å². The molecule has 74 valence electrons. The first-order chi connectivity index (χ1) is 6.07. The highest BCUT2D eigenvalue weighted by molar-refractivity contribution is 5.17. The minimum absolute atomic E-state index is 0.102. The molecule has 0 aromatic rings. The molecule has 0 aliphatic heterocycles. The highest BCUT2D eigenvalue weighted by Gasteiger charge is 1.93. The molecule has 0 atom stereocenters. The van der Waals surface area contributed by atoms with Crippen LogP contribution in [0.15, 0.2) is 37.1 Å². The van der Waals surface area contributed by atoms with Gasteiger partial charge in [0.1, 0.15) is 12.5 Å². The Bertz CT molecular complexity index is 212. The number of nitrogens with zero attached hydrogens (tertiary/aromatic N) is 1. The number of nitrogens with one attached hydrogen (secondary N) is 1. The van der Waals surface area contributed by atoms with Gasteiger partial charge in [-0.2, -0.15) is 0 Å². The van der Waals surface area contributed by atoms with E-state index >= 15 is 0 Å². The molecule has 1 N–H and O–H groups in total. The van der Waals surface area contributed by atoms with E-state index < -0.39 is 12.5 Å². The molecular weight excluding hydrogens is 174 g/mol. The van der Waals surface area contributed by atoms with E-state index in [1.807, 2.05) is 0 Å². The minimum Gasteiger partial charge on any atom is -0.377 e. The predicted molar refractivity (Wildman–Crippen MR) is 50.3 cm³/mol. The van der Waals surface area contributed by atoms with Crippen molar-refractivity contribution >= 4 is 0 Å². The summed E-state index contributed by atoms with van der Waals surface area (Å²) in [4.78, 5) is 1.63. The Morgan fingerprint density at radius 3 is 2.62 bits per heavy atom. The lowest BCUT2D eigenvalue weighted by atomic mass is 10.4. The Kier molecular flexibility index (Phi) is 5.59. The highest BCUT2D eigenvalue weighted by atomic mass is 19.1. The van der Waals surface area contributed by atoms with Gasteiger partial charge < -0.3 is 10.2 Å². The molecule has 0 radical (unpaired) electrons. The SMILES string of the molecule is C=C(F)C(=C)N/C=C\N(C)CCF. The molecule has 0 amide bonds. The van der Waals surface area contributed by atoms with Crippen LogP contribution < -0.4 is 5.32 Å². The summed E-state index contributed by atoms with van der Waals surface area (Å²) in [6.07, 6.45) is 3.07. The fourth-order valence-electron chi connectivity index (χ4n) is 0.551. The topological polar surface area (TPSA) is 15.3 Å². The first-order valence-corrected chi connectivity index (χ1v) is 3.81. The Morgan fingerprint density at radius 1 is 1.54 bits per heavy atom. The second-order valence-corrected chi connectivity index (χ2v) is 2.51. The predicted octanol–water partition coefficient (Wildman–Crippen LogP) is 1.95. The highest BCUT2D eigenvalue weighted by Crippen LogP contribution is 2.00. The molecule has 0 heterocycles. The van der Waals surface area contributed by atoms with E-state index in [1.54, 1.807) is 18.1 Å². The molecule has 0 bridgehead atoms. The van der Waals surface area contributed by atoms with Crippen LogP contribution in [0.2, 0.25) is 0 Å². The van der Waals surface area contributed by atoms with Crippen molar-refractivity contribution < 1.29 is 8.78 Å². The average molecular weight is 188 g/mol. The molecule has 0 aliphatic carbocycles. The first-order valence-electron chi connectivity index (χ1n) is 3.81. The number of alkyl halides is 1. The summed E-state index contributed by atoms with van der Waals surface area (Å²) >= 11 is 0. The molecular formula is C9H14F2N2. The average Bonchev–Trinajstić information content (AvgIpc) is 2.04. The van der Waals surface area contributed by atoms with Crippen LogP contribution in [0.5, 0.6) is 0 Å². The van der Waals surface area contributed by atoms with Gasteiger partial charge in [0.05, 0.1) is 5.70 Å². The van der Waals surface area contributed by atoms with Crippen LogP contribution in [0.25, 0.3) is 0 Å². The van der Waals surface area contributed by atoms with Gasteiger partial charge in [0, 0.05) is 26.0 Å². The normalized spacial score (nSPS) is 10.1. The molecule has 0 aromatic carbocycles. The van der Waals surface area contributed by atoms with E-state index in [-0.39, 0.29) is 5.70 Å². The van der Waals surface area contributed by atoms with Crippen molar-refractivity contribution in [3.63, 3.8) is 0 Å². The molecule has 0 rings (SSSR count). The van der Waals surface area contributed by atoms with E-state index in [2.05, 4.69) is 18.5 Å². The monoisotopic (exact) mass is 188 g/mol. The summed E-state index contributed by atoms with van der Waals surface area (Å²) < 4.78 is 24.1. The van der Waals surface area contributed by atoms with Gasteiger partial charge in [-0.05, 0) is 0 Å². The van der Waals surface area contributed by atoms with Crippen LogP contribution in [0.3, 0.4) is 0 Å². The standard InChI is InChI=1S/C9H14F2N2/c1-8(11)9(2)12-5-7-13(3)6-4-10/h5,7,12H,1-2,4,6H2,3H3/b7-5-. The molecule has 0 saturated heterocycles. The van der Waals surface area contributed by atoms with Crippen LogP contribution in [0.4, 0.5) is 8.78 Å². The maximum atomic E-state index is 12.3. The van der Waals surface area contributed by atoms with Crippen molar-refractivity contribution in [3.05, 3.63) is 37.1 Å². The lowest BCUT2D eigenvalue weighted by molar-refractivity contribution is 0.371. The van der Waals surface area contributed by atoms with Gasteiger partial charge >= 0.3 is 0 Å². The van der Waals surface area contributed by atoms with Crippen molar-refractivity contribution in [1.82, 2.24) is 10.2 Å². The third-order valence-electron chi connectivity index (χ3n) is 1.35. The number of hydrogen-bond acceptors (Lipinski definition) is 2. The molecule has 0 spiro atoms. The Morgan fingerprint density at radius 2 is 2.15 bits per heavy atom. The van der Waals surface area contributed by atoms with E-state index in [9.17, 15) is 8.78 Å². The van der Waals surface area contributed by atoms with Crippen LogP contribution in [-0.4, -0.2) is 25.2 Å². The summed E-state index contributed by atoms with van der Waals surface area (Å²) in [6, 6.07) is 0. The van der Waals surface area contributed by atoms with E-state index in [0.717, 1.165) is 0 Å². The van der Waals surface area contributed by atoms with E-state index in [0.29, 0.717) is 6.54 Å². The summed E-state index contributed by atoms with van der Waals surface area (Å²) in [5.74, 6) is -0.613. The molecule has 0 aromatic heterocycles. The van der Waals surface area contributed by atoms with Crippen molar-refractivity contribution in [3.8, 4) is 0 Å². The smallest absolute Gasteiger partial charge is 0.138 e. The van der Waals surface area contributed by atoms with Gasteiger partial charge in [-0.25, -0.2) is 8.78 Å². The fraction of sp³-hybridized carbons (Fsp3) is 0.333. The van der Waals surface area contributed by atoms with Crippen molar-refractivity contribution in [2.75, 3.05) is 20.3 Å². The maximum Gasteiger partial charge on any atom is 0.138 e. The third-order valence-corrected chi connectivity index (χ3v) is 1.35. The fourth-order valence-corrected chi connectivity index (χ4v) is 0.551. The number of hydrogen-bond donors (Lipinski definition) is 1. The number of rotatable bonds is 6. The second kappa shape index (κ2) is 6.22. The van der Waals surface area contributed by atoms with Crippen LogP contribution >= 0.6 is 0 Å². The minimum atomic E-state index is -0.613. The van der Waals surface area contributed by atoms with Crippen LogP contribution in [-0.2, 0) is 0 Å². The number of halogens is 2. The van der Waals surface area contributed by atoms with Gasteiger partial charge in [-0.1, -0.05) is 13.2 Å². The van der Waals surface area contributed by atoms with Crippen LogP contribution in [0.1, 0.15) is 0 Å². The van der Waals surface area contributed by atoms with Crippen molar-refractivity contribution in [1.29, 1.82) is 0 Å². The molecule has 2 nitrogen and oxygen atoms in total. The zero-order valence-electron chi connectivity index (χ0n) is 7.69. The molecule has 0 unspecified atom stereocenters. The number of allylic oxidation sites excluding steroid dienone is 1. The lowest BCUT2D eigenvalue weighted by Gasteiger charge is -2.10. The molecule has 0 fully saturated rings. The van der Waals surface area contributed by atoms with Gasteiger partial charge in [0.25, 0.3) is 0 Å². The zero-order chi connectivity index (χ0) is 10.3. The lowest BCUT2D eigenvalue weighted by Crippen LogP contribution is -2.15. The maximum absolute atomic E-state index is 12.3. The zero-order valence-corrected chi connectivity index (χ0v) is 7.69. The largest absolute Gasteiger partial charge is 0.377 e. The van der Waals surface area contributed by atoms with Crippen molar-refractivity contribution in [2.24, 2.45) is 0 Å². The summed E-state index contributed by atoms with van der Waals surface area (Å²) in [5, 5.41) is 2.56. The van der Waals surface area contributed by atoms with Crippen molar-refractivity contribution in [2.45, 2.75) is 0 Å². The van der Waals surface area contributed by atoms with Gasteiger partial charge in [0.2, 0.25) is 0 Å². The Balaban J connectivity index is 3.74. The summed E-state index contributed by atoms with van der Waals surface area (Å²) in [5.41, 5.74) is 0.102. The van der Waals surface area contributed by atoms with Gasteiger partial charge in [0.15, 0.2) is 0 Å². The van der Waals surface area contributed by atoms with Gasteiger partial charge in [-0.3, -0.25) is 0 Å². The quantitative estimate of drug-likeness (QED) is 0.641.